The van der Waals surface area contributed by atoms with E-state index in [1.165, 1.54) is 6.08 Å². The van der Waals surface area contributed by atoms with Crippen molar-refractivity contribution in [2.45, 2.75) is 6.54 Å². The first kappa shape index (κ1) is 22.2. The summed E-state index contributed by atoms with van der Waals surface area (Å²) in [4.78, 5) is 29.6. The highest BCUT2D eigenvalue weighted by Crippen LogP contribution is 2.25. The van der Waals surface area contributed by atoms with Gasteiger partial charge in [-0.2, -0.15) is 0 Å². The predicted molar refractivity (Wildman–Crippen MR) is 130 cm³/mol. The molecule has 4 rings (SSSR count). The largest absolute Gasteiger partial charge is 0.457 e. The van der Waals surface area contributed by atoms with Crippen LogP contribution in [0, 0.1) is 0 Å². The Morgan fingerprint density at radius 1 is 0.909 bits per heavy atom. The molecular weight excluding hydrogens is 482 g/mol. The van der Waals surface area contributed by atoms with E-state index in [1.54, 1.807) is 42.7 Å². The van der Waals surface area contributed by atoms with Crippen molar-refractivity contribution in [3.8, 4) is 11.3 Å². The topological polar surface area (TPSA) is 84.2 Å². The van der Waals surface area contributed by atoms with Crippen LogP contribution in [-0.2, 0) is 11.3 Å². The van der Waals surface area contributed by atoms with Crippen molar-refractivity contribution in [1.82, 2.24) is 15.6 Å². The highest BCUT2D eigenvalue weighted by Gasteiger charge is 2.16. The number of nitrogens with zero attached hydrogens (tertiary/aromatic N) is 1. The molecule has 2 aromatic carbocycles. The SMILES string of the molecule is O=C(NCc1ccncc1)C(=Cc1ccc(-c2ccc(Br)cc2)o1)NC(=O)c1ccccc1. The molecule has 0 fully saturated rings. The summed E-state index contributed by atoms with van der Waals surface area (Å²) in [6.45, 7) is 0.294. The van der Waals surface area contributed by atoms with Crippen molar-refractivity contribution in [2.24, 2.45) is 0 Å². The van der Waals surface area contributed by atoms with Gasteiger partial charge in [0.05, 0.1) is 0 Å². The van der Waals surface area contributed by atoms with Gasteiger partial charge in [0.15, 0.2) is 0 Å². The fourth-order valence-corrected chi connectivity index (χ4v) is 3.33. The quantitative estimate of drug-likeness (QED) is 0.341. The number of furan rings is 1. The van der Waals surface area contributed by atoms with Gasteiger partial charge < -0.3 is 15.1 Å². The number of pyridine rings is 1. The summed E-state index contributed by atoms with van der Waals surface area (Å²) in [6, 6.07) is 23.6. The molecule has 0 aliphatic carbocycles. The Hall–Kier alpha value is -3.97. The Bertz CT molecular complexity index is 1270. The number of benzene rings is 2. The van der Waals surface area contributed by atoms with Crippen LogP contribution in [0.4, 0.5) is 0 Å². The molecular formula is C26H20BrN3O3. The van der Waals surface area contributed by atoms with Crippen LogP contribution >= 0.6 is 15.9 Å². The molecule has 2 amide bonds. The molecule has 0 aliphatic heterocycles. The van der Waals surface area contributed by atoms with Crippen LogP contribution < -0.4 is 10.6 Å². The molecule has 2 aromatic heterocycles. The fourth-order valence-electron chi connectivity index (χ4n) is 3.06. The molecule has 2 heterocycles. The zero-order chi connectivity index (χ0) is 23.0. The zero-order valence-corrected chi connectivity index (χ0v) is 19.1. The van der Waals surface area contributed by atoms with Crippen LogP contribution in [-0.4, -0.2) is 16.8 Å². The van der Waals surface area contributed by atoms with Gasteiger partial charge in [-0.25, -0.2) is 0 Å². The fraction of sp³-hybridized carbons (Fsp3) is 0.0385. The first-order valence-corrected chi connectivity index (χ1v) is 11.0. The second kappa shape index (κ2) is 10.6. The minimum Gasteiger partial charge on any atom is -0.457 e. The average molecular weight is 502 g/mol. The molecule has 0 saturated carbocycles. The highest BCUT2D eigenvalue weighted by atomic mass is 79.9. The summed E-state index contributed by atoms with van der Waals surface area (Å²) in [5.74, 6) is 0.272. The van der Waals surface area contributed by atoms with E-state index in [2.05, 4.69) is 31.5 Å². The summed E-state index contributed by atoms with van der Waals surface area (Å²) < 4.78 is 6.88. The van der Waals surface area contributed by atoms with Crippen LogP contribution in [0.25, 0.3) is 17.4 Å². The van der Waals surface area contributed by atoms with Gasteiger partial charge in [0.1, 0.15) is 17.2 Å². The smallest absolute Gasteiger partial charge is 0.268 e. The molecule has 0 bridgehead atoms. The average Bonchev–Trinajstić information content (AvgIpc) is 3.32. The molecule has 164 valence electrons. The highest BCUT2D eigenvalue weighted by molar-refractivity contribution is 9.10. The van der Waals surface area contributed by atoms with Gasteiger partial charge in [-0.05, 0) is 54.1 Å². The third-order valence-corrected chi connectivity index (χ3v) is 5.30. The molecule has 0 spiro atoms. The van der Waals surface area contributed by atoms with Crippen LogP contribution in [0.2, 0.25) is 0 Å². The Balaban J connectivity index is 1.57. The van der Waals surface area contributed by atoms with Crippen LogP contribution in [0.5, 0.6) is 0 Å². The van der Waals surface area contributed by atoms with Crippen LogP contribution in [0.3, 0.4) is 0 Å². The van der Waals surface area contributed by atoms with E-state index in [-0.39, 0.29) is 11.6 Å². The zero-order valence-electron chi connectivity index (χ0n) is 17.5. The van der Waals surface area contributed by atoms with Crippen molar-refractivity contribution in [3.05, 3.63) is 118 Å². The number of hydrogen-bond donors (Lipinski definition) is 2. The Morgan fingerprint density at radius 2 is 1.64 bits per heavy atom. The molecule has 4 aromatic rings. The molecule has 7 heteroatoms. The number of carbonyl (C=O) groups is 2. The van der Waals surface area contributed by atoms with Gasteiger partial charge in [0.2, 0.25) is 0 Å². The van der Waals surface area contributed by atoms with Crippen LogP contribution in [0.1, 0.15) is 21.7 Å². The molecule has 0 aliphatic rings. The number of aromatic nitrogens is 1. The molecule has 2 N–H and O–H groups in total. The number of carbonyl (C=O) groups excluding carboxylic acids is 2. The summed E-state index contributed by atoms with van der Waals surface area (Å²) in [6.07, 6.45) is 4.83. The predicted octanol–water partition coefficient (Wildman–Crippen LogP) is 5.19. The van der Waals surface area contributed by atoms with E-state index in [0.717, 1.165) is 15.6 Å². The normalized spacial score (nSPS) is 11.1. The maximum atomic E-state index is 12.9. The number of rotatable bonds is 7. The summed E-state index contributed by atoms with van der Waals surface area (Å²) in [5, 5.41) is 5.53. The molecule has 0 atom stereocenters. The number of nitrogens with one attached hydrogen (secondary N) is 2. The first-order valence-electron chi connectivity index (χ1n) is 10.2. The van der Waals surface area contributed by atoms with Crippen molar-refractivity contribution >= 4 is 33.8 Å². The third-order valence-electron chi connectivity index (χ3n) is 4.77. The summed E-state index contributed by atoms with van der Waals surface area (Å²) in [5.41, 5.74) is 2.31. The lowest BCUT2D eigenvalue weighted by molar-refractivity contribution is -0.117. The van der Waals surface area contributed by atoms with Crippen molar-refractivity contribution in [3.63, 3.8) is 0 Å². The lowest BCUT2D eigenvalue weighted by atomic mass is 10.2. The van der Waals surface area contributed by atoms with Gasteiger partial charge in [-0.3, -0.25) is 14.6 Å². The van der Waals surface area contributed by atoms with Crippen molar-refractivity contribution in [1.29, 1.82) is 0 Å². The van der Waals surface area contributed by atoms with Crippen LogP contribution in [0.15, 0.2) is 106 Å². The lowest BCUT2D eigenvalue weighted by Crippen LogP contribution is -2.34. The van der Waals surface area contributed by atoms with Crippen molar-refractivity contribution < 1.29 is 14.0 Å². The molecule has 0 radical (unpaired) electrons. The maximum Gasteiger partial charge on any atom is 0.268 e. The monoisotopic (exact) mass is 501 g/mol. The summed E-state index contributed by atoms with van der Waals surface area (Å²) in [7, 11) is 0. The van der Waals surface area contributed by atoms with E-state index in [1.807, 2.05) is 48.5 Å². The minimum absolute atomic E-state index is 0.0783. The van der Waals surface area contributed by atoms with Gasteiger partial charge in [0.25, 0.3) is 11.8 Å². The molecule has 0 saturated heterocycles. The summed E-state index contributed by atoms with van der Waals surface area (Å²) >= 11 is 3.42. The Kier molecular flexibility index (Phi) is 7.12. The van der Waals surface area contributed by atoms with Gasteiger partial charge in [-0.15, -0.1) is 0 Å². The van der Waals surface area contributed by atoms with Gasteiger partial charge in [0, 0.05) is 40.6 Å². The second-order valence-corrected chi connectivity index (χ2v) is 8.04. The van der Waals surface area contributed by atoms with Gasteiger partial charge in [-0.1, -0.05) is 46.3 Å². The standard InChI is InChI=1S/C26H20BrN3O3/c27-21-8-6-19(7-9-21)24-11-10-22(33-24)16-23(30-25(31)20-4-2-1-3-5-20)26(32)29-17-18-12-14-28-15-13-18/h1-16H,17H2,(H,29,32)(H,30,31). The van der Waals surface area contributed by atoms with Gasteiger partial charge >= 0.3 is 0 Å². The first-order chi connectivity index (χ1) is 16.1. The van der Waals surface area contributed by atoms with E-state index in [0.29, 0.717) is 23.6 Å². The van der Waals surface area contributed by atoms with Crippen molar-refractivity contribution in [2.75, 3.05) is 0 Å². The van der Waals surface area contributed by atoms with E-state index in [9.17, 15) is 9.59 Å². The Labute approximate surface area is 199 Å². The molecule has 33 heavy (non-hydrogen) atoms. The van der Waals surface area contributed by atoms with E-state index in [4.69, 9.17) is 4.42 Å². The van der Waals surface area contributed by atoms with E-state index < -0.39 is 5.91 Å². The van der Waals surface area contributed by atoms with E-state index >= 15 is 0 Å². The molecule has 0 unspecified atom stereocenters. The Morgan fingerprint density at radius 3 is 2.36 bits per heavy atom. The number of hydrogen-bond acceptors (Lipinski definition) is 4. The second-order valence-electron chi connectivity index (χ2n) is 7.13. The minimum atomic E-state index is -0.433. The third kappa shape index (κ3) is 6.05. The maximum absolute atomic E-state index is 12.9. The number of halogens is 1. The number of amides is 2. The lowest BCUT2D eigenvalue weighted by Gasteiger charge is -2.11. The molecule has 6 nitrogen and oxygen atoms in total.